The van der Waals surface area contributed by atoms with Crippen LogP contribution < -0.4 is 10.4 Å². The van der Waals surface area contributed by atoms with Crippen molar-refractivity contribution in [2.24, 2.45) is 0 Å². The van der Waals surface area contributed by atoms with Crippen LogP contribution in [0.1, 0.15) is 6.92 Å². The van der Waals surface area contributed by atoms with Crippen LogP contribution >= 0.6 is 0 Å². The Balaban J connectivity index is 2.78. The van der Waals surface area contributed by atoms with Crippen molar-refractivity contribution in [1.29, 1.82) is 0 Å². The van der Waals surface area contributed by atoms with Crippen LogP contribution in [0.25, 0.3) is 11.0 Å². The molecule has 78 valence electrons. The third kappa shape index (κ3) is 1.66. The van der Waals surface area contributed by atoms with Crippen molar-refractivity contribution >= 4 is 11.0 Å². The highest BCUT2D eigenvalue weighted by Crippen LogP contribution is 2.29. The zero-order valence-electron chi connectivity index (χ0n) is 8.19. The normalized spacial score (nSPS) is 10.5. The summed E-state index contributed by atoms with van der Waals surface area (Å²) in [6, 6.07) is 6.12. The van der Waals surface area contributed by atoms with Gasteiger partial charge in [-0.25, -0.2) is 4.79 Å². The highest BCUT2D eigenvalue weighted by Gasteiger charge is 2.08. The number of para-hydroxylation sites is 1. The lowest BCUT2D eigenvalue weighted by Gasteiger charge is -2.05. The predicted molar refractivity (Wildman–Crippen MR) is 55.3 cm³/mol. The second-order valence-electron chi connectivity index (χ2n) is 3.02. The molecule has 1 aromatic heterocycles. The predicted octanol–water partition coefficient (Wildman–Crippen LogP) is 1.90. The number of hydrogen-bond acceptors (Lipinski definition) is 4. The molecule has 0 saturated carbocycles. The zero-order valence-corrected chi connectivity index (χ0v) is 8.19. The molecule has 2 aromatic rings. The van der Waals surface area contributed by atoms with Gasteiger partial charge in [0.05, 0.1) is 18.1 Å². The Kier molecular flexibility index (Phi) is 2.33. The van der Waals surface area contributed by atoms with E-state index >= 15 is 0 Å². The molecule has 0 aliphatic rings. The van der Waals surface area contributed by atoms with Gasteiger partial charge in [0.1, 0.15) is 5.75 Å². The molecule has 2 rings (SSSR count). The molecular formula is C11H10O4. The maximum atomic E-state index is 11.1. The van der Waals surface area contributed by atoms with Crippen molar-refractivity contribution in [3.63, 3.8) is 0 Å². The molecule has 0 fully saturated rings. The van der Waals surface area contributed by atoms with Crippen LogP contribution in [-0.4, -0.2) is 11.7 Å². The molecular weight excluding hydrogens is 196 g/mol. The molecule has 0 aliphatic heterocycles. The molecule has 0 spiro atoms. The van der Waals surface area contributed by atoms with E-state index in [1.807, 2.05) is 6.92 Å². The molecule has 0 radical (unpaired) electrons. The van der Waals surface area contributed by atoms with Gasteiger partial charge >= 0.3 is 5.63 Å². The van der Waals surface area contributed by atoms with Gasteiger partial charge in [-0.1, -0.05) is 6.07 Å². The Morgan fingerprint density at radius 1 is 1.47 bits per heavy atom. The van der Waals surface area contributed by atoms with Crippen molar-refractivity contribution < 1.29 is 14.3 Å². The first-order valence-corrected chi connectivity index (χ1v) is 4.61. The molecule has 0 bridgehead atoms. The Labute approximate surface area is 85.7 Å². The summed E-state index contributed by atoms with van der Waals surface area (Å²) in [5, 5.41) is 10.0. The van der Waals surface area contributed by atoms with E-state index in [1.54, 1.807) is 18.2 Å². The van der Waals surface area contributed by atoms with Crippen molar-refractivity contribution in [2.75, 3.05) is 6.61 Å². The monoisotopic (exact) mass is 206 g/mol. The minimum absolute atomic E-state index is 0.0946. The largest absolute Gasteiger partial charge is 0.507 e. The summed E-state index contributed by atoms with van der Waals surface area (Å²) in [5.41, 5.74) is -0.309. The van der Waals surface area contributed by atoms with Gasteiger partial charge in [0.15, 0.2) is 11.3 Å². The van der Waals surface area contributed by atoms with Gasteiger partial charge in [-0.2, -0.15) is 0 Å². The lowest BCUT2D eigenvalue weighted by Crippen LogP contribution is -1.98. The van der Waals surface area contributed by atoms with E-state index in [0.717, 1.165) is 6.07 Å². The summed E-state index contributed by atoms with van der Waals surface area (Å²) >= 11 is 0. The van der Waals surface area contributed by atoms with Crippen LogP contribution in [0, 0.1) is 0 Å². The van der Waals surface area contributed by atoms with E-state index in [0.29, 0.717) is 17.7 Å². The fourth-order valence-electron chi connectivity index (χ4n) is 1.41. The van der Waals surface area contributed by atoms with Gasteiger partial charge in [-0.3, -0.25) is 0 Å². The van der Waals surface area contributed by atoms with Crippen LogP contribution in [-0.2, 0) is 0 Å². The molecule has 4 heteroatoms. The quantitative estimate of drug-likeness (QED) is 0.762. The summed E-state index contributed by atoms with van der Waals surface area (Å²) in [6.07, 6.45) is 0. The van der Waals surface area contributed by atoms with E-state index in [1.165, 1.54) is 0 Å². The van der Waals surface area contributed by atoms with Crippen molar-refractivity contribution in [3.05, 3.63) is 34.7 Å². The first kappa shape index (κ1) is 9.58. The molecule has 15 heavy (non-hydrogen) atoms. The van der Waals surface area contributed by atoms with Crippen molar-refractivity contribution in [3.8, 4) is 11.5 Å². The van der Waals surface area contributed by atoms with Crippen LogP contribution in [0.5, 0.6) is 11.5 Å². The van der Waals surface area contributed by atoms with E-state index in [-0.39, 0.29) is 11.3 Å². The fraction of sp³-hybridized carbons (Fsp3) is 0.182. The standard InChI is InChI=1S/C11H10O4/c1-2-14-9-5-3-4-7-8(12)6-10(13)15-11(7)9/h3-6,12H,2H2,1H3. The van der Waals surface area contributed by atoms with Crippen LogP contribution in [0.4, 0.5) is 0 Å². The topological polar surface area (TPSA) is 59.7 Å². The van der Waals surface area contributed by atoms with Gasteiger partial charge < -0.3 is 14.3 Å². The Hall–Kier alpha value is -1.97. The van der Waals surface area contributed by atoms with Gasteiger partial charge in [0.25, 0.3) is 0 Å². The Morgan fingerprint density at radius 3 is 3.00 bits per heavy atom. The Morgan fingerprint density at radius 2 is 2.27 bits per heavy atom. The summed E-state index contributed by atoms with van der Waals surface area (Å²) in [5.74, 6) is 0.366. The average molecular weight is 206 g/mol. The molecule has 0 saturated heterocycles. The molecule has 1 heterocycles. The van der Waals surface area contributed by atoms with Crippen LogP contribution in [0.2, 0.25) is 0 Å². The third-order valence-corrected chi connectivity index (χ3v) is 2.01. The summed E-state index contributed by atoms with van der Waals surface area (Å²) in [6.45, 7) is 2.30. The first-order valence-electron chi connectivity index (χ1n) is 4.61. The molecule has 1 N–H and O–H groups in total. The van der Waals surface area contributed by atoms with E-state index in [4.69, 9.17) is 9.15 Å². The third-order valence-electron chi connectivity index (χ3n) is 2.01. The van der Waals surface area contributed by atoms with Gasteiger partial charge in [0.2, 0.25) is 0 Å². The van der Waals surface area contributed by atoms with E-state index in [2.05, 4.69) is 0 Å². The SMILES string of the molecule is CCOc1cccc2c(O)cc(=O)oc12. The van der Waals surface area contributed by atoms with E-state index in [9.17, 15) is 9.90 Å². The lowest BCUT2D eigenvalue weighted by molar-refractivity contribution is 0.336. The average Bonchev–Trinajstić information content (AvgIpc) is 2.19. The Bertz CT molecular complexity index is 542. The van der Waals surface area contributed by atoms with E-state index < -0.39 is 5.63 Å². The smallest absolute Gasteiger partial charge is 0.340 e. The molecule has 0 atom stereocenters. The number of rotatable bonds is 2. The first-order chi connectivity index (χ1) is 7.22. The van der Waals surface area contributed by atoms with Crippen molar-refractivity contribution in [1.82, 2.24) is 0 Å². The minimum atomic E-state index is -0.591. The summed E-state index contributed by atoms with van der Waals surface area (Å²) in [7, 11) is 0. The van der Waals surface area contributed by atoms with Gasteiger partial charge in [-0.15, -0.1) is 0 Å². The maximum absolute atomic E-state index is 11.1. The summed E-state index contributed by atoms with van der Waals surface area (Å²) in [4.78, 5) is 11.1. The van der Waals surface area contributed by atoms with Crippen LogP contribution in [0.15, 0.2) is 33.5 Å². The molecule has 0 amide bonds. The second kappa shape index (κ2) is 3.65. The van der Waals surface area contributed by atoms with Gasteiger partial charge in [-0.05, 0) is 19.1 Å². The highest BCUT2D eigenvalue weighted by atomic mass is 16.5. The second-order valence-corrected chi connectivity index (χ2v) is 3.02. The molecule has 1 aromatic carbocycles. The molecule has 4 nitrogen and oxygen atoms in total. The molecule has 0 aliphatic carbocycles. The minimum Gasteiger partial charge on any atom is -0.507 e. The van der Waals surface area contributed by atoms with Crippen LogP contribution in [0.3, 0.4) is 0 Å². The number of fused-ring (bicyclic) bond motifs is 1. The summed E-state index contributed by atoms with van der Waals surface area (Å²) < 4.78 is 10.3. The number of benzene rings is 1. The zero-order chi connectivity index (χ0) is 10.8. The maximum Gasteiger partial charge on any atom is 0.340 e. The number of hydrogen-bond donors (Lipinski definition) is 1. The van der Waals surface area contributed by atoms with Gasteiger partial charge in [0, 0.05) is 0 Å². The van der Waals surface area contributed by atoms with Crippen molar-refractivity contribution in [2.45, 2.75) is 6.92 Å². The number of ether oxygens (including phenoxy) is 1. The lowest BCUT2D eigenvalue weighted by atomic mass is 10.2. The number of aromatic hydroxyl groups is 1. The fourth-order valence-corrected chi connectivity index (χ4v) is 1.41. The molecule has 0 unspecified atom stereocenters. The highest BCUT2D eigenvalue weighted by molar-refractivity contribution is 5.87.